The van der Waals surface area contributed by atoms with Gasteiger partial charge in [0.15, 0.2) is 0 Å². The second-order valence-corrected chi connectivity index (χ2v) is 5.35. The highest BCUT2D eigenvalue weighted by atomic mass is 15.3. The Morgan fingerprint density at radius 2 is 2.16 bits per heavy atom. The maximum Gasteiger partial charge on any atom is 0.128 e. The van der Waals surface area contributed by atoms with E-state index >= 15 is 0 Å². The summed E-state index contributed by atoms with van der Waals surface area (Å²) in [7, 11) is 0. The first-order chi connectivity index (χ1) is 9.15. The summed E-state index contributed by atoms with van der Waals surface area (Å²) in [5.74, 6) is 1.08. The minimum atomic E-state index is 0.0588. The van der Waals surface area contributed by atoms with Crippen molar-refractivity contribution in [3.05, 3.63) is 23.9 Å². The summed E-state index contributed by atoms with van der Waals surface area (Å²) in [5.41, 5.74) is 6.96. The summed E-state index contributed by atoms with van der Waals surface area (Å²) in [6.45, 7) is 10.9. The van der Waals surface area contributed by atoms with Crippen LogP contribution in [0.3, 0.4) is 0 Å². The Morgan fingerprint density at radius 3 is 2.68 bits per heavy atom. The highest BCUT2D eigenvalue weighted by Crippen LogP contribution is 2.22. The highest BCUT2D eigenvalue weighted by Gasteiger charge is 2.26. The number of nitrogens with zero attached hydrogens (tertiary/aromatic N) is 3. The molecule has 0 aliphatic carbocycles. The fourth-order valence-electron chi connectivity index (χ4n) is 2.84. The summed E-state index contributed by atoms with van der Waals surface area (Å²) in [5, 5.41) is 0. The van der Waals surface area contributed by atoms with Gasteiger partial charge in [-0.2, -0.15) is 0 Å². The van der Waals surface area contributed by atoms with E-state index in [0.717, 1.165) is 37.6 Å². The van der Waals surface area contributed by atoms with E-state index in [1.54, 1.807) is 0 Å². The van der Waals surface area contributed by atoms with Gasteiger partial charge in [0.2, 0.25) is 0 Å². The third-order valence-corrected chi connectivity index (χ3v) is 4.11. The zero-order valence-electron chi connectivity index (χ0n) is 12.3. The molecular weight excluding hydrogens is 236 g/mol. The molecule has 4 heteroatoms. The zero-order valence-corrected chi connectivity index (χ0v) is 12.3. The molecule has 0 bridgehead atoms. The molecular formula is C15H26N4. The number of nitrogens with two attached hydrogens (primary N) is 1. The van der Waals surface area contributed by atoms with Gasteiger partial charge in [0.25, 0.3) is 0 Å². The van der Waals surface area contributed by atoms with Crippen LogP contribution in [0.25, 0.3) is 0 Å². The molecule has 19 heavy (non-hydrogen) atoms. The van der Waals surface area contributed by atoms with E-state index in [1.165, 1.54) is 6.42 Å². The number of hydrogen-bond donors (Lipinski definition) is 1. The van der Waals surface area contributed by atoms with Crippen LogP contribution in [-0.2, 0) is 0 Å². The molecule has 4 nitrogen and oxygen atoms in total. The molecule has 0 aromatic carbocycles. The van der Waals surface area contributed by atoms with E-state index in [9.17, 15) is 0 Å². The van der Waals surface area contributed by atoms with Gasteiger partial charge in [-0.25, -0.2) is 4.98 Å². The quantitative estimate of drug-likeness (QED) is 0.882. The Labute approximate surface area is 116 Å². The van der Waals surface area contributed by atoms with Crippen molar-refractivity contribution in [1.29, 1.82) is 0 Å². The molecule has 106 valence electrons. The number of aromatic nitrogens is 1. The molecule has 2 rings (SSSR count). The minimum Gasteiger partial charge on any atom is -0.355 e. The standard InChI is InChI=1S/C15H26N4/c1-4-18(5-2)14-8-9-19(11-14)15-7-6-13(10-17-15)12(3)16/h6-7,10,12,14H,4-5,8-9,11,16H2,1-3H3. The molecule has 2 N–H and O–H groups in total. The molecule has 0 radical (unpaired) electrons. The number of rotatable bonds is 5. The summed E-state index contributed by atoms with van der Waals surface area (Å²) in [6, 6.07) is 4.93. The predicted octanol–water partition coefficient (Wildman–Crippen LogP) is 2.02. The van der Waals surface area contributed by atoms with Crippen molar-refractivity contribution < 1.29 is 0 Å². The smallest absolute Gasteiger partial charge is 0.128 e. The summed E-state index contributed by atoms with van der Waals surface area (Å²) in [4.78, 5) is 9.48. The number of anilines is 1. The SMILES string of the molecule is CCN(CC)C1CCN(c2ccc(C(C)N)cn2)C1. The van der Waals surface area contributed by atoms with E-state index in [2.05, 4.69) is 40.8 Å². The van der Waals surface area contributed by atoms with Crippen LogP contribution in [0.5, 0.6) is 0 Å². The topological polar surface area (TPSA) is 45.4 Å². The van der Waals surface area contributed by atoms with Crippen molar-refractivity contribution in [3.63, 3.8) is 0 Å². The van der Waals surface area contributed by atoms with Crippen molar-refractivity contribution in [1.82, 2.24) is 9.88 Å². The molecule has 0 spiro atoms. The van der Waals surface area contributed by atoms with Gasteiger partial charge < -0.3 is 10.6 Å². The molecule has 0 saturated carbocycles. The molecule has 1 aliphatic heterocycles. The molecule has 1 aliphatic rings. The molecule has 1 aromatic rings. The van der Waals surface area contributed by atoms with Crippen LogP contribution in [0.1, 0.15) is 38.8 Å². The van der Waals surface area contributed by atoms with E-state index in [0.29, 0.717) is 6.04 Å². The maximum atomic E-state index is 5.85. The number of hydrogen-bond acceptors (Lipinski definition) is 4. The molecule has 1 fully saturated rings. The molecule has 1 saturated heterocycles. The lowest BCUT2D eigenvalue weighted by Gasteiger charge is -2.26. The lowest BCUT2D eigenvalue weighted by molar-refractivity contribution is 0.232. The van der Waals surface area contributed by atoms with Gasteiger partial charge in [0.05, 0.1) is 0 Å². The van der Waals surface area contributed by atoms with Gasteiger partial charge in [0.1, 0.15) is 5.82 Å². The average Bonchev–Trinajstić information content (AvgIpc) is 2.90. The first-order valence-corrected chi connectivity index (χ1v) is 7.36. The Hall–Kier alpha value is -1.13. The van der Waals surface area contributed by atoms with E-state index in [4.69, 9.17) is 5.73 Å². The second kappa shape index (κ2) is 6.35. The molecule has 2 heterocycles. The van der Waals surface area contributed by atoms with Gasteiger partial charge in [-0.1, -0.05) is 19.9 Å². The highest BCUT2D eigenvalue weighted by molar-refractivity contribution is 5.41. The first-order valence-electron chi connectivity index (χ1n) is 7.36. The van der Waals surface area contributed by atoms with Crippen LogP contribution in [-0.4, -0.2) is 42.1 Å². The fourth-order valence-corrected chi connectivity index (χ4v) is 2.84. The average molecular weight is 262 g/mol. The Balaban J connectivity index is 2.00. The van der Waals surface area contributed by atoms with Crippen molar-refractivity contribution in [2.45, 2.75) is 39.3 Å². The first kappa shape index (κ1) is 14.3. The van der Waals surface area contributed by atoms with Gasteiger partial charge >= 0.3 is 0 Å². The third-order valence-electron chi connectivity index (χ3n) is 4.11. The van der Waals surface area contributed by atoms with Gasteiger partial charge in [0, 0.05) is 31.4 Å². The van der Waals surface area contributed by atoms with Crippen LogP contribution < -0.4 is 10.6 Å². The van der Waals surface area contributed by atoms with E-state index in [1.807, 2.05) is 13.1 Å². The van der Waals surface area contributed by atoms with Crippen molar-refractivity contribution in [2.24, 2.45) is 5.73 Å². The van der Waals surface area contributed by atoms with Crippen molar-refractivity contribution >= 4 is 5.82 Å². The monoisotopic (exact) mass is 262 g/mol. The third kappa shape index (κ3) is 3.25. The van der Waals surface area contributed by atoms with Gasteiger partial charge in [-0.05, 0) is 38.1 Å². The maximum absolute atomic E-state index is 5.85. The predicted molar refractivity (Wildman–Crippen MR) is 80.4 cm³/mol. The Kier molecular flexibility index (Phi) is 4.77. The number of pyridine rings is 1. The summed E-state index contributed by atoms with van der Waals surface area (Å²) >= 11 is 0. The van der Waals surface area contributed by atoms with Gasteiger partial charge in [-0.15, -0.1) is 0 Å². The summed E-state index contributed by atoms with van der Waals surface area (Å²) < 4.78 is 0. The van der Waals surface area contributed by atoms with Crippen LogP contribution in [0.4, 0.5) is 5.82 Å². The Bertz CT molecular complexity index is 384. The second-order valence-electron chi connectivity index (χ2n) is 5.35. The lowest BCUT2D eigenvalue weighted by atomic mass is 10.1. The van der Waals surface area contributed by atoms with Crippen LogP contribution in [0.15, 0.2) is 18.3 Å². The molecule has 0 amide bonds. The van der Waals surface area contributed by atoms with Crippen molar-refractivity contribution in [2.75, 3.05) is 31.1 Å². The minimum absolute atomic E-state index is 0.0588. The summed E-state index contributed by atoms with van der Waals surface area (Å²) in [6.07, 6.45) is 3.14. The zero-order chi connectivity index (χ0) is 13.8. The van der Waals surface area contributed by atoms with Gasteiger partial charge in [-0.3, -0.25) is 4.90 Å². The van der Waals surface area contributed by atoms with Crippen LogP contribution in [0.2, 0.25) is 0 Å². The molecule has 2 atom stereocenters. The molecule has 2 unspecified atom stereocenters. The largest absolute Gasteiger partial charge is 0.355 e. The lowest BCUT2D eigenvalue weighted by Crippen LogP contribution is -2.37. The Morgan fingerprint density at radius 1 is 1.42 bits per heavy atom. The normalized spacial score (nSPS) is 21.1. The van der Waals surface area contributed by atoms with Crippen molar-refractivity contribution in [3.8, 4) is 0 Å². The van der Waals surface area contributed by atoms with Crippen LogP contribution in [0, 0.1) is 0 Å². The van der Waals surface area contributed by atoms with E-state index < -0.39 is 0 Å². The van der Waals surface area contributed by atoms with E-state index in [-0.39, 0.29) is 6.04 Å². The fraction of sp³-hybridized carbons (Fsp3) is 0.667. The van der Waals surface area contributed by atoms with Crippen LogP contribution >= 0.6 is 0 Å². The number of likely N-dealkylation sites (N-methyl/N-ethyl adjacent to an activating group) is 1. The molecule has 1 aromatic heterocycles.